The number of hydrogen-bond donors (Lipinski definition) is 1. The molecule has 0 aromatic heterocycles. The van der Waals surface area contributed by atoms with Crippen LogP contribution in [0.15, 0.2) is 60.2 Å². The number of nitrogens with one attached hydrogen (secondary N) is 1. The van der Waals surface area contributed by atoms with Gasteiger partial charge in [0.15, 0.2) is 0 Å². The molecule has 1 aliphatic heterocycles. The molecule has 10 heteroatoms. The number of halogens is 4. The zero-order chi connectivity index (χ0) is 29.4. The van der Waals surface area contributed by atoms with Crippen LogP contribution in [-0.2, 0) is 6.18 Å². The van der Waals surface area contributed by atoms with E-state index in [1.54, 1.807) is 21.9 Å². The molecule has 1 heterocycles. The summed E-state index contributed by atoms with van der Waals surface area (Å²) in [5.74, 6) is 0.211. The predicted octanol–water partition coefficient (Wildman–Crippen LogP) is 6.13. The summed E-state index contributed by atoms with van der Waals surface area (Å²) in [6, 6.07) is 10.1. The topological polar surface area (TPSA) is 55.9 Å². The molecule has 2 aromatic rings. The number of piperazine rings is 1. The van der Waals surface area contributed by atoms with Gasteiger partial charge in [0.05, 0.1) is 11.1 Å². The molecule has 6 rings (SSSR count). The number of rotatable bonds is 7. The molecule has 41 heavy (non-hydrogen) atoms. The quantitative estimate of drug-likeness (QED) is 0.321. The number of anilines is 1. The van der Waals surface area contributed by atoms with Crippen LogP contribution < -0.4 is 5.32 Å². The molecule has 3 amide bonds. The van der Waals surface area contributed by atoms with Crippen molar-refractivity contribution in [1.29, 1.82) is 0 Å². The number of hydrogen-bond acceptors (Lipinski definition) is 3. The molecule has 2 atom stereocenters. The van der Waals surface area contributed by atoms with Crippen LogP contribution in [0, 0.1) is 23.1 Å². The van der Waals surface area contributed by atoms with Crippen LogP contribution in [0.25, 0.3) is 0 Å². The van der Waals surface area contributed by atoms with E-state index in [0.717, 1.165) is 25.0 Å². The maximum atomic E-state index is 14.1. The third-order valence-electron chi connectivity index (χ3n) is 9.16. The molecular weight excluding hydrogens is 536 g/mol. The summed E-state index contributed by atoms with van der Waals surface area (Å²) in [5.41, 5.74) is 1.03. The van der Waals surface area contributed by atoms with Gasteiger partial charge in [0.2, 0.25) is 0 Å². The lowest BCUT2D eigenvalue weighted by atomic mass is 9.49. The van der Waals surface area contributed by atoms with E-state index in [1.807, 2.05) is 0 Å². The highest BCUT2D eigenvalue weighted by Crippen LogP contribution is 2.59. The van der Waals surface area contributed by atoms with Crippen LogP contribution in [0.4, 0.5) is 28.0 Å². The summed E-state index contributed by atoms with van der Waals surface area (Å²) in [4.78, 5) is 31.7. The highest BCUT2D eigenvalue weighted by molar-refractivity contribution is 5.94. The van der Waals surface area contributed by atoms with Gasteiger partial charge in [-0.3, -0.25) is 9.69 Å². The minimum Gasteiger partial charge on any atom is -0.336 e. The lowest BCUT2D eigenvalue weighted by molar-refractivity contribution is -0.137. The largest absolute Gasteiger partial charge is 0.416 e. The fraction of sp³-hybridized carbons (Fsp3) is 0.484. The Labute approximate surface area is 238 Å². The number of carbonyl (C=O) groups excluding carboxylic acids is 2. The van der Waals surface area contributed by atoms with Gasteiger partial charge in [-0.25, -0.2) is 9.18 Å². The molecule has 220 valence electrons. The Bertz CT molecular complexity index is 1300. The number of nitrogens with zero attached hydrogens (tertiary/aromatic N) is 3. The van der Waals surface area contributed by atoms with Gasteiger partial charge >= 0.3 is 12.2 Å². The van der Waals surface area contributed by atoms with Gasteiger partial charge in [0.1, 0.15) is 5.82 Å². The zero-order valence-electron chi connectivity index (χ0n) is 23.4. The van der Waals surface area contributed by atoms with E-state index in [2.05, 4.69) is 30.1 Å². The van der Waals surface area contributed by atoms with Gasteiger partial charge in [-0.05, 0) is 66.5 Å². The first-order chi connectivity index (χ1) is 19.4. The van der Waals surface area contributed by atoms with E-state index < -0.39 is 17.6 Å². The van der Waals surface area contributed by atoms with E-state index in [1.165, 1.54) is 29.8 Å². The van der Waals surface area contributed by atoms with Crippen LogP contribution >= 0.6 is 0 Å². The number of benzene rings is 2. The first-order valence-corrected chi connectivity index (χ1v) is 14.1. The highest BCUT2D eigenvalue weighted by atomic mass is 19.4. The standard InChI is InChI=1S/C31H36F4N4O2/c1-30(2)23-8-7-21(26(30)19-23)20-39(29(41)36-24-11-9-22(10-12-24)31(33,34)35)18-15-37-13-16-38(17-14-37)28(40)25-5-3-4-6-27(25)32/h3-7,9-12,23,26H,8,13-20H2,1-2H3,(H,36,41). The number of alkyl halides is 3. The molecule has 1 saturated heterocycles. The summed E-state index contributed by atoms with van der Waals surface area (Å²) in [6.45, 7) is 8.08. The first kappa shape index (κ1) is 29.1. The maximum Gasteiger partial charge on any atom is 0.416 e. The van der Waals surface area contributed by atoms with Crippen molar-refractivity contribution in [3.63, 3.8) is 0 Å². The molecule has 2 fully saturated rings. The van der Waals surface area contributed by atoms with Crippen LogP contribution in [0.3, 0.4) is 0 Å². The minimum atomic E-state index is -4.45. The van der Waals surface area contributed by atoms with Crippen LogP contribution in [0.5, 0.6) is 0 Å². The number of amides is 3. The first-order valence-electron chi connectivity index (χ1n) is 14.1. The van der Waals surface area contributed by atoms with E-state index in [4.69, 9.17) is 0 Å². The van der Waals surface area contributed by atoms with Gasteiger partial charge < -0.3 is 15.1 Å². The average Bonchev–Trinajstić information content (AvgIpc) is 2.95. The molecule has 0 radical (unpaired) electrons. The second-order valence-electron chi connectivity index (χ2n) is 11.9. The summed E-state index contributed by atoms with van der Waals surface area (Å²) < 4.78 is 53.0. The number of urea groups is 1. The van der Waals surface area contributed by atoms with E-state index in [0.29, 0.717) is 63.3 Å². The van der Waals surface area contributed by atoms with Gasteiger partial charge in [-0.15, -0.1) is 0 Å². The molecule has 2 bridgehead atoms. The predicted molar refractivity (Wildman–Crippen MR) is 149 cm³/mol. The SMILES string of the molecule is CC1(C)C2CC=C(CN(CCN3CCN(C(=O)c4ccccc4F)CC3)C(=O)Nc3ccc(C(F)(F)F)cc3)C1C2. The van der Waals surface area contributed by atoms with Crippen LogP contribution in [-0.4, -0.2) is 72.5 Å². The van der Waals surface area contributed by atoms with Gasteiger partial charge in [-0.2, -0.15) is 13.2 Å². The zero-order valence-corrected chi connectivity index (χ0v) is 23.4. The molecule has 4 aliphatic rings. The maximum absolute atomic E-state index is 14.1. The molecule has 2 unspecified atom stereocenters. The number of allylic oxidation sites excluding steroid dienone is 1. The van der Waals surface area contributed by atoms with Crippen LogP contribution in [0.2, 0.25) is 0 Å². The van der Waals surface area contributed by atoms with Crippen molar-refractivity contribution in [3.8, 4) is 0 Å². The molecule has 0 spiro atoms. The van der Waals surface area contributed by atoms with Crippen molar-refractivity contribution >= 4 is 17.6 Å². The van der Waals surface area contributed by atoms with E-state index >= 15 is 0 Å². The fourth-order valence-electron chi connectivity index (χ4n) is 6.32. The summed E-state index contributed by atoms with van der Waals surface area (Å²) in [6.07, 6.45) is -0.0919. The lowest BCUT2D eigenvalue weighted by Crippen LogP contribution is -2.52. The fourth-order valence-corrected chi connectivity index (χ4v) is 6.32. The van der Waals surface area contributed by atoms with Gasteiger partial charge in [-0.1, -0.05) is 37.6 Å². The Morgan fingerprint density at radius 2 is 1.71 bits per heavy atom. The molecule has 6 nitrogen and oxygen atoms in total. The molecule has 3 aliphatic carbocycles. The lowest BCUT2D eigenvalue weighted by Gasteiger charge is -2.57. The van der Waals surface area contributed by atoms with E-state index in [-0.39, 0.29) is 22.9 Å². The van der Waals surface area contributed by atoms with Crippen molar-refractivity contribution in [2.24, 2.45) is 17.3 Å². The number of carbonyl (C=O) groups is 2. The Morgan fingerprint density at radius 1 is 1.02 bits per heavy atom. The smallest absolute Gasteiger partial charge is 0.336 e. The van der Waals surface area contributed by atoms with Crippen molar-refractivity contribution in [1.82, 2.24) is 14.7 Å². The van der Waals surface area contributed by atoms with Gasteiger partial charge in [0.25, 0.3) is 5.91 Å². The third-order valence-corrected chi connectivity index (χ3v) is 9.16. The monoisotopic (exact) mass is 572 g/mol. The van der Waals surface area contributed by atoms with Crippen molar-refractivity contribution in [2.45, 2.75) is 32.9 Å². The summed E-state index contributed by atoms with van der Waals surface area (Å²) >= 11 is 0. The average molecular weight is 573 g/mol. The van der Waals surface area contributed by atoms with Gasteiger partial charge in [0, 0.05) is 51.5 Å². The van der Waals surface area contributed by atoms with Crippen molar-refractivity contribution in [2.75, 3.05) is 51.1 Å². The Hall–Kier alpha value is -3.40. The minimum absolute atomic E-state index is 0.0639. The van der Waals surface area contributed by atoms with E-state index in [9.17, 15) is 27.2 Å². The highest BCUT2D eigenvalue weighted by Gasteiger charge is 2.51. The Kier molecular flexibility index (Phi) is 8.14. The van der Waals surface area contributed by atoms with Crippen LogP contribution in [0.1, 0.15) is 42.6 Å². The van der Waals surface area contributed by atoms with Crippen molar-refractivity contribution in [3.05, 3.63) is 77.1 Å². The molecule has 2 aromatic carbocycles. The molecule has 1 saturated carbocycles. The van der Waals surface area contributed by atoms with Crippen molar-refractivity contribution < 1.29 is 27.2 Å². The Morgan fingerprint density at radius 3 is 2.32 bits per heavy atom. The third kappa shape index (κ3) is 6.27. The summed E-state index contributed by atoms with van der Waals surface area (Å²) in [5, 5.41) is 2.78. The second-order valence-corrected chi connectivity index (χ2v) is 11.9. The second kappa shape index (κ2) is 11.5. The Balaban J connectivity index is 1.22. The normalized spacial score (nSPS) is 22.0. The number of fused-ring (bicyclic) bond motifs is 1. The summed E-state index contributed by atoms with van der Waals surface area (Å²) in [7, 11) is 0. The molecular formula is C31H36F4N4O2. The molecule has 1 N–H and O–H groups in total.